The number of nitrogens with one attached hydrogen (secondary N) is 1. The summed E-state index contributed by atoms with van der Waals surface area (Å²) in [5.74, 6) is 0.168. The topological polar surface area (TPSA) is 88.2 Å². The van der Waals surface area contributed by atoms with E-state index in [-0.39, 0.29) is 18.1 Å². The van der Waals surface area contributed by atoms with Gasteiger partial charge in [0.05, 0.1) is 11.8 Å². The zero-order valence-corrected chi connectivity index (χ0v) is 12.9. The van der Waals surface area contributed by atoms with Gasteiger partial charge in [-0.2, -0.15) is 0 Å². The molecule has 2 heterocycles. The predicted molar refractivity (Wildman–Crippen MR) is 86.7 cm³/mol. The molecular weight excluding hydrogens is 298 g/mol. The summed E-state index contributed by atoms with van der Waals surface area (Å²) >= 11 is 1.35. The fraction of sp³-hybridized carbons (Fsp3) is 0.375. The molecular formula is C16H19N3O2S. The molecule has 6 heteroatoms. The highest BCUT2D eigenvalue weighted by atomic mass is 32.1. The third-order valence-corrected chi connectivity index (χ3v) is 5.07. The van der Waals surface area contributed by atoms with E-state index >= 15 is 0 Å². The van der Waals surface area contributed by atoms with Crippen LogP contribution in [0.25, 0.3) is 0 Å². The second kappa shape index (κ2) is 6.46. The van der Waals surface area contributed by atoms with Crippen molar-refractivity contribution in [2.45, 2.75) is 31.4 Å². The maximum atomic E-state index is 12.4. The minimum atomic E-state index is -0.242. The van der Waals surface area contributed by atoms with E-state index in [2.05, 4.69) is 10.3 Å². The first-order chi connectivity index (χ1) is 10.6. The van der Waals surface area contributed by atoms with Crippen molar-refractivity contribution in [3.05, 3.63) is 46.4 Å². The van der Waals surface area contributed by atoms with Gasteiger partial charge in [-0.25, -0.2) is 0 Å². The Balaban J connectivity index is 1.71. The van der Waals surface area contributed by atoms with Gasteiger partial charge in [0.25, 0.3) is 5.91 Å². The monoisotopic (exact) mass is 317 g/mol. The first kappa shape index (κ1) is 15.0. The van der Waals surface area contributed by atoms with Crippen LogP contribution in [0.5, 0.6) is 0 Å². The van der Waals surface area contributed by atoms with Gasteiger partial charge in [-0.3, -0.25) is 9.78 Å². The fourth-order valence-corrected chi connectivity index (χ4v) is 3.53. The molecule has 1 aliphatic rings. The van der Waals surface area contributed by atoms with Crippen molar-refractivity contribution in [3.63, 3.8) is 0 Å². The molecule has 0 spiro atoms. The van der Waals surface area contributed by atoms with E-state index in [1.807, 2.05) is 17.5 Å². The highest BCUT2D eigenvalue weighted by Crippen LogP contribution is 2.32. The van der Waals surface area contributed by atoms with E-state index in [4.69, 9.17) is 5.73 Å². The van der Waals surface area contributed by atoms with Crippen LogP contribution < -0.4 is 11.1 Å². The molecule has 1 saturated carbocycles. The van der Waals surface area contributed by atoms with E-state index in [1.165, 1.54) is 11.3 Å². The number of rotatable bonds is 5. The molecule has 1 fully saturated rings. The maximum absolute atomic E-state index is 12.4. The van der Waals surface area contributed by atoms with E-state index in [1.54, 1.807) is 18.5 Å². The lowest BCUT2D eigenvalue weighted by Gasteiger charge is -2.38. The number of pyridine rings is 1. The average Bonchev–Trinajstić information content (AvgIpc) is 2.91. The molecule has 1 amide bonds. The van der Waals surface area contributed by atoms with Crippen molar-refractivity contribution in [1.82, 2.24) is 10.3 Å². The number of carbonyl (C=O) groups is 1. The molecule has 0 radical (unpaired) electrons. The van der Waals surface area contributed by atoms with E-state index in [0.717, 1.165) is 24.8 Å². The Morgan fingerprint density at radius 3 is 2.73 bits per heavy atom. The van der Waals surface area contributed by atoms with Gasteiger partial charge < -0.3 is 16.2 Å². The van der Waals surface area contributed by atoms with Gasteiger partial charge in [0, 0.05) is 18.4 Å². The molecule has 22 heavy (non-hydrogen) atoms. The molecule has 4 N–H and O–H groups in total. The molecule has 0 unspecified atom stereocenters. The molecule has 3 rings (SSSR count). The molecule has 2 aromatic heterocycles. The lowest BCUT2D eigenvalue weighted by molar-refractivity contribution is 0.0240. The van der Waals surface area contributed by atoms with Crippen molar-refractivity contribution in [1.29, 1.82) is 0 Å². The number of carbonyl (C=O) groups excluding carboxylic acids is 1. The Morgan fingerprint density at radius 2 is 2.14 bits per heavy atom. The molecule has 0 aliphatic heterocycles. The van der Waals surface area contributed by atoms with Crippen molar-refractivity contribution < 1.29 is 9.90 Å². The zero-order valence-electron chi connectivity index (χ0n) is 12.1. The highest BCUT2D eigenvalue weighted by molar-refractivity contribution is 7.12. The maximum Gasteiger partial charge on any atom is 0.263 e. The Morgan fingerprint density at radius 1 is 1.41 bits per heavy atom. The number of hydrogen-bond donors (Lipinski definition) is 3. The van der Waals surface area contributed by atoms with Crippen molar-refractivity contribution in [3.8, 4) is 0 Å². The summed E-state index contributed by atoms with van der Waals surface area (Å²) < 4.78 is 0. The fourth-order valence-electron chi connectivity index (χ4n) is 2.80. The van der Waals surface area contributed by atoms with Gasteiger partial charge >= 0.3 is 0 Å². The van der Waals surface area contributed by atoms with Crippen LogP contribution in [-0.2, 0) is 6.42 Å². The van der Waals surface area contributed by atoms with E-state index < -0.39 is 0 Å². The summed E-state index contributed by atoms with van der Waals surface area (Å²) in [5, 5.41) is 14.5. The normalized spacial score (nSPS) is 21.9. The third-order valence-electron chi connectivity index (χ3n) is 4.14. The lowest BCUT2D eigenvalue weighted by atomic mass is 9.75. The van der Waals surface area contributed by atoms with Gasteiger partial charge in [0.15, 0.2) is 0 Å². The summed E-state index contributed by atoms with van der Waals surface area (Å²) in [6.07, 6.45) is 5.46. The summed E-state index contributed by atoms with van der Waals surface area (Å²) in [5.41, 5.74) is 7.45. The summed E-state index contributed by atoms with van der Waals surface area (Å²) in [6, 6.07) is 5.64. The van der Waals surface area contributed by atoms with Crippen molar-refractivity contribution in [2.75, 3.05) is 5.73 Å². The molecule has 2 aromatic rings. The van der Waals surface area contributed by atoms with Crippen LogP contribution in [0, 0.1) is 5.92 Å². The number of anilines is 1. The summed E-state index contributed by atoms with van der Waals surface area (Å²) in [7, 11) is 0. The van der Waals surface area contributed by atoms with Crippen LogP contribution in [0.4, 0.5) is 5.69 Å². The molecule has 1 atom stereocenters. The highest BCUT2D eigenvalue weighted by Gasteiger charge is 2.35. The quantitative estimate of drug-likeness (QED) is 0.785. The smallest absolute Gasteiger partial charge is 0.263 e. The van der Waals surface area contributed by atoms with Crippen molar-refractivity contribution in [2.24, 2.45) is 5.92 Å². The SMILES string of the molecule is Nc1ccsc1C(=O)N[C@@H](Cc1ccncc1)C1CC(O)C1. The van der Waals surface area contributed by atoms with Crippen LogP contribution in [0.3, 0.4) is 0 Å². The van der Waals surface area contributed by atoms with Gasteiger partial charge in [-0.15, -0.1) is 11.3 Å². The number of nitrogen functional groups attached to an aromatic ring is 1. The number of nitrogens with two attached hydrogens (primary N) is 1. The minimum Gasteiger partial charge on any atom is -0.397 e. The Bertz CT molecular complexity index is 638. The number of aliphatic hydroxyl groups is 1. The van der Waals surface area contributed by atoms with Crippen molar-refractivity contribution >= 4 is 22.9 Å². The Kier molecular flexibility index (Phi) is 4.40. The largest absolute Gasteiger partial charge is 0.397 e. The van der Waals surface area contributed by atoms with Crippen LogP contribution in [0.2, 0.25) is 0 Å². The first-order valence-corrected chi connectivity index (χ1v) is 8.22. The van der Waals surface area contributed by atoms with Gasteiger partial charge in [-0.1, -0.05) is 0 Å². The Labute approximate surface area is 133 Å². The Hall–Kier alpha value is -1.92. The minimum absolute atomic E-state index is 0.000185. The first-order valence-electron chi connectivity index (χ1n) is 7.34. The average molecular weight is 317 g/mol. The molecule has 5 nitrogen and oxygen atoms in total. The zero-order chi connectivity index (χ0) is 15.5. The van der Waals surface area contributed by atoms with Gasteiger partial charge in [0.2, 0.25) is 0 Å². The van der Waals surface area contributed by atoms with E-state index in [9.17, 15) is 9.90 Å². The number of nitrogens with zero attached hydrogens (tertiary/aromatic N) is 1. The molecule has 1 aliphatic carbocycles. The van der Waals surface area contributed by atoms with Crippen LogP contribution in [-0.4, -0.2) is 28.1 Å². The van der Waals surface area contributed by atoms with Crippen LogP contribution >= 0.6 is 11.3 Å². The molecule has 0 aromatic carbocycles. The molecule has 116 valence electrons. The predicted octanol–water partition coefficient (Wildman–Crippen LogP) is 1.84. The summed E-state index contributed by atoms with van der Waals surface area (Å²) in [4.78, 5) is 17.0. The number of aliphatic hydroxyl groups excluding tert-OH is 1. The number of amides is 1. The van der Waals surface area contributed by atoms with E-state index in [0.29, 0.717) is 16.5 Å². The van der Waals surface area contributed by atoms with Gasteiger partial charge in [-0.05, 0) is 54.3 Å². The second-order valence-corrected chi connectivity index (χ2v) is 6.65. The van der Waals surface area contributed by atoms with Crippen LogP contribution in [0.1, 0.15) is 28.1 Å². The van der Waals surface area contributed by atoms with Crippen LogP contribution in [0.15, 0.2) is 36.0 Å². The third kappa shape index (κ3) is 3.28. The standard InChI is InChI=1S/C16H19N3O2S/c17-13-3-6-22-15(13)16(21)19-14(11-8-12(20)9-11)7-10-1-4-18-5-2-10/h1-6,11-12,14,20H,7-9,17H2,(H,19,21)/t11?,12?,14-/m0/s1. The number of thiophene rings is 1. The summed E-state index contributed by atoms with van der Waals surface area (Å²) in [6.45, 7) is 0. The number of aromatic nitrogens is 1. The molecule has 0 bridgehead atoms. The van der Waals surface area contributed by atoms with Gasteiger partial charge in [0.1, 0.15) is 4.88 Å². The molecule has 0 saturated heterocycles. The lowest BCUT2D eigenvalue weighted by Crippen LogP contribution is -2.48. The number of hydrogen-bond acceptors (Lipinski definition) is 5. The second-order valence-electron chi connectivity index (χ2n) is 5.73.